The average molecular weight is 515 g/mol. The molecule has 0 aliphatic rings. The molecule has 194 valence electrons. The van der Waals surface area contributed by atoms with Crippen LogP contribution in [0.25, 0.3) is 11.0 Å². The number of fused-ring (bicyclic) bond motifs is 1. The van der Waals surface area contributed by atoms with E-state index in [1.165, 1.54) is 6.07 Å². The molecule has 0 saturated heterocycles. The third kappa shape index (κ3) is 7.14. The number of ether oxygens (including phenoxy) is 3. The summed E-state index contributed by atoms with van der Waals surface area (Å²) >= 11 is 0. The number of aromatic amines is 1. The van der Waals surface area contributed by atoms with Gasteiger partial charge in [0.2, 0.25) is 0 Å². The van der Waals surface area contributed by atoms with Crippen molar-refractivity contribution in [2.24, 2.45) is 0 Å². The summed E-state index contributed by atoms with van der Waals surface area (Å²) in [6.07, 6.45) is -1.26. The van der Waals surface area contributed by atoms with E-state index in [2.05, 4.69) is 20.6 Å². The molecular weight excluding hydrogens is 489 g/mol. The van der Waals surface area contributed by atoms with Gasteiger partial charge in [-0.1, -0.05) is 0 Å². The van der Waals surface area contributed by atoms with E-state index in [1.54, 1.807) is 42.7 Å². The number of aromatic nitrogens is 2. The van der Waals surface area contributed by atoms with Gasteiger partial charge in [-0.05, 0) is 62.4 Å². The van der Waals surface area contributed by atoms with Crippen LogP contribution in [0.15, 0.2) is 67.0 Å². The van der Waals surface area contributed by atoms with Crippen molar-refractivity contribution in [3.8, 4) is 17.2 Å². The van der Waals surface area contributed by atoms with Crippen molar-refractivity contribution < 1.29 is 32.2 Å². The van der Waals surface area contributed by atoms with Crippen LogP contribution in [0, 0.1) is 0 Å². The van der Waals surface area contributed by atoms with Gasteiger partial charge in [-0.25, -0.2) is 9.78 Å². The molecule has 0 radical (unpaired) electrons. The Kier molecular flexibility index (Phi) is 7.83. The predicted molar refractivity (Wildman–Crippen MR) is 133 cm³/mol. The number of hydrogen-bond acceptors (Lipinski definition) is 5. The Morgan fingerprint density at radius 3 is 2.46 bits per heavy atom. The molecule has 3 N–H and O–H groups in total. The average Bonchev–Trinajstić information content (AvgIpc) is 3.32. The highest BCUT2D eigenvalue weighted by molar-refractivity contribution is 6.00. The predicted octanol–water partition coefficient (Wildman–Crippen LogP) is 6.82. The number of nitrogens with one attached hydrogen (secondary N) is 3. The van der Waals surface area contributed by atoms with Gasteiger partial charge in [-0.3, -0.25) is 0 Å². The van der Waals surface area contributed by atoms with Crippen molar-refractivity contribution in [1.29, 1.82) is 0 Å². The number of nitrogens with zero attached hydrogens (tertiary/aromatic N) is 1. The number of hydrogen-bond donors (Lipinski definition) is 3. The summed E-state index contributed by atoms with van der Waals surface area (Å²) in [6, 6.07) is 12.4. The van der Waals surface area contributed by atoms with E-state index < -0.39 is 17.8 Å². The minimum atomic E-state index is -4.61. The summed E-state index contributed by atoms with van der Waals surface area (Å²) in [4.78, 5) is 19.7. The molecule has 2 heterocycles. The van der Waals surface area contributed by atoms with E-state index >= 15 is 0 Å². The second-order valence-corrected chi connectivity index (χ2v) is 8.27. The van der Waals surface area contributed by atoms with Crippen LogP contribution in [0.1, 0.15) is 19.4 Å². The zero-order valence-corrected chi connectivity index (χ0v) is 20.1. The third-order valence-corrected chi connectivity index (χ3v) is 5.06. The highest BCUT2D eigenvalue weighted by Gasteiger charge is 2.31. The number of alkyl halides is 3. The van der Waals surface area contributed by atoms with Gasteiger partial charge in [0.05, 0.1) is 23.7 Å². The van der Waals surface area contributed by atoms with Gasteiger partial charge in [0.15, 0.2) is 0 Å². The Morgan fingerprint density at radius 2 is 1.73 bits per heavy atom. The fourth-order valence-electron chi connectivity index (χ4n) is 3.41. The molecule has 0 aliphatic carbocycles. The second-order valence-electron chi connectivity index (χ2n) is 8.27. The third-order valence-electron chi connectivity index (χ3n) is 5.06. The van der Waals surface area contributed by atoms with E-state index in [0.717, 1.165) is 17.5 Å². The molecule has 0 fully saturated rings. The number of H-pyrrole nitrogens is 1. The Hall–Kier alpha value is -4.25. The summed E-state index contributed by atoms with van der Waals surface area (Å²) in [5, 5.41) is 5.83. The zero-order chi connectivity index (χ0) is 26.4. The highest BCUT2D eigenvalue weighted by Crippen LogP contribution is 2.34. The van der Waals surface area contributed by atoms with Crippen molar-refractivity contribution in [1.82, 2.24) is 9.97 Å². The fourth-order valence-corrected chi connectivity index (χ4v) is 3.41. The number of urea groups is 1. The van der Waals surface area contributed by atoms with E-state index in [0.29, 0.717) is 22.8 Å². The van der Waals surface area contributed by atoms with Gasteiger partial charge >= 0.3 is 12.2 Å². The number of carbonyl (C=O) groups excluding carboxylic acids is 1. The first kappa shape index (κ1) is 25.8. The summed E-state index contributed by atoms with van der Waals surface area (Å²) in [7, 11) is 0. The minimum Gasteiger partial charge on any atom is -0.491 e. The summed E-state index contributed by atoms with van der Waals surface area (Å²) in [6.45, 7) is 3.96. The maximum absolute atomic E-state index is 13.4. The molecule has 8 nitrogen and oxygen atoms in total. The monoisotopic (exact) mass is 514 g/mol. The van der Waals surface area contributed by atoms with Gasteiger partial charge in [0.25, 0.3) is 0 Å². The SMILES string of the molecule is CC(C)OCCOc1cc(NC(=O)Nc2ccc(Oc3ccnc4[nH]ccc34)cc2)cc(C(F)(F)F)c1. The van der Waals surface area contributed by atoms with Crippen LogP contribution >= 0.6 is 0 Å². The molecule has 4 aromatic rings. The van der Waals surface area contributed by atoms with Crippen molar-refractivity contribution >= 4 is 28.4 Å². The lowest BCUT2D eigenvalue weighted by molar-refractivity contribution is -0.137. The molecule has 2 amide bonds. The molecule has 0 saturated carbocycles. The van der Waals surface area contributed by atoms with Crippen LogP contribution in [-0.2, 0) is 10.9 Å². The smallest absolute Gasteiger partial charge is 0.416 e. The van der Waals surface area contributed by atoms with Gasteiger partial charge in [-0.2, -0.15) is 13.2 Å². The van der Waals surface area contributed by atoms with Crippen LogP contribution in [0.5, 0.6) is 17.2 Å². The van der Waals surface area contributed by atoms with Crippen LogP contribution in [0.2, 0.25) is 0 Å². The molecule has 0 bridgehead atoms. The number of carbonyl (C=O) groups is 1. The van der Waals surface area contributed by atoms with Gasteiger partial charge in [-0.15, -0.1) is 0 Å². The quantitative estimate of drug-likeness (QED) is 0.213. The maximum Gasteiger partial charge on any atom is 0.416 e. The van der Waals surface area contributed by atoms with Gasteiger partial charge < -0.3 is 29.8 Å². The summed E-state index contributed by atoms with van der Waals surface area (Å²) < 4.78 is 56.7. The van der Waals surface area contributed by atoms with Crippen LogP contribution in [-0.4, -0.2) is 35.3 Å². The Morgan fingerprint density at radius 1 is 0.973 bits per heavy atom. The number of pyridine rings is 1. The first-order valence-electron chi connectivity index (χ1n) is 11.4. The van der Waals surface area contributed by atoms with Crippen molar-refractivity contribution in [2.45, 2.75) is 26.1 Å². The van der Waals surface area contributed by atoms with Crippen molar-refractivity contribution in [2.75, 3.05) is 23.8 Å². The van der Waals surface area contributed by atoms with Crippen molar-refractivity contribution in [3.63, 3.8) is 0 Å². The minimum absolute atomic E-state index is 0.0301. The summed E-state index contributed by atoms with van der Waals surface area (Å²) in [5.74, 6) is 1.11. The largest absolute Gasteiger partial charge is 0.491 e. The normalized spacial score (nSPS) is 11.5. The molecule has 11 heteroatoms. The fraction of sp³-hybridized carbons (Fsp3) is 0.231. The number of rotatable bonds is 9. The Labute approximate surface area is 210 Å². The molecule has 2 aromatic heterocycles. The van der Waals surface area contributed by atoms with E-state index in [1.807, 2.05) is 19.9 Å². The molecule has 2 aromatic carbocycles. The van der Waals surface area contributed by atoms with E-state index in [-0.39, 0.29) is 30.8 Å². The number of anilines is 2. The molecule has 37 heavy (non-hydrogen) atoms. The maximum atomic E-state index is 13.4. The molecule has 0 unspecified atom stereocenters. The first-order chi connectivity index (χ1) is 17.7. The number of benzene rings is 2. The second kappa shape index (κ2) is 11.2. The van der Waals surface area contributed by atoms with Gasteiger partial charge in [0.1, 0.15) is 29.5 Å². The summed E-state index contributed by atoms with van der Waals surface area (Å²) in [5.41, 5.74) is 0.0969. The number of amides is 2. The topological polar surface area (TPSA) is 97.5 Å². The van der Waals surface area contributed by atoms with Gasteiger partial charge in [0, 0.05) is 29.8 Å². The van der Waals surface area contributed by atoms with Crippen LogP contribution in [0.4, 0.5) is 29.3 Å². The molecule has 4 rings (SSSR count). The van der Waals surface area contributed by atoms with E-state index in [9.17, 15) is 18.0 Å². The number of halogens is 3. The molecular formula is C26H25F3N4O4. The molecule has 0 atom stereocenters. The first-order valence-corrected chi connectivity index (χ1v) is 11.4. The Bertz CT molecular complexity index is 1350. The van der Waals surface area contributed by atoms with Crippen LogP contribution in [0.3, 0.4) is 0 Å². The lowest BCUT2D eigenvalue weighted by Gasteiger charge is -2.15. The molecule has 0 spiro atoms. The Balaban J connectivity index is 1.39. The lowest BCUT2D eigenvalue weighted by Crippen LogP contribution is -2.20. The standard InChI is InChI=1S/C26H25F3N4O4/c1-16(2)35-11-12-36-21-14-17(26(27,28)29)13-19(15-21)33-25(34)32-18-3-5-20(6-4-18)37-23-8-10-31-24-22(23)7-9-30-24/h3-10,13-16H,11-12H2,1-2H3,(H,30,31)(H2,32,33,34). The molecule has 0 aliphatic heterocycles. The lowest BCUT2D eigenvalue weighted by atomic mass is 10.2. The zero-order valence-electron chi connectivity index (χ0n) is 20.1. The van der Waals surface area contributed by atoms with Crippen molar-refractivity contribution in [3.05, 3.63) is 72.6 Å². The highest BCUT2D eigenvalue weighted by atomic mass is 19.4. The van der Waals surface area contributed by atoms with Crippen LogP contribution < -0.4 is 20.1 Å². The van der Waals surface area contributed by atoms with E-state index in [4.69, 9.17) is 14.2 Å².